The molecule has 0 amide bonds. The summed E-state index contributed by atoms with van der Waals surface area (Å²) in [5.74, 6) is 0. The Bertz CT molecular complexity index is 284. The molecule has 0 N–H and O–H groups in total. The highest BCUT2D eigenvalue weighted by Gasteiger charge is 2.11. The van der Waals surface area contributed by atoms with Crippen LogP contribution in [0.1, 0.15) is 5.56 Å². The molecule has 0 unspecified atom stereocenters. The Morgan fingerprint density at radius 3 is 2.67 bits per heavy atom. The summed E-state index contributed by atoms with van der Waals surface area (Å²) in [6, 6.07) is 10.7. The smallest absolute Gasteiger partial charge is 0.0234 e. The summed E-state index contributed by atoms with van der Waals surface area (Å²) in [6.45, 7) is 5.64. The van der Waals surface area contributed by atoms with E-state index in [1.807, 2.05) is 0 Å². The van der Waals surface area contributed by atoms with Crippen molar-refractivity contribution in [3.05, 3.63) is 42.3 Å². The number of benzene rings is 1. The van der Waals surface area contributed by atoms with Crippen LogP contribution in [0.3, 0.4) is 0 Å². The van der Waals surface area contributed by atoms with E-state index in [9.17, 15) is 0 Å². The number of hydrogen-bond acceptors (Lipinski definition) is 2. The molecule has 15 heavy (non-hydrogen) atoms. The summed E-state index contributed by atoms with van der Waals surface area (Å²) in [6.07, 6.45) is 2.36. The minimum absolute atomic E-state index is 1.07. The maximum atomic E-state index is 2.50. The van der Waals surface area contributed by atoms with Gasteiger partial charge in [-0.1, -0.05) is 30.3 Å². The fourth-order valence-electron chi connectivity index (χ4n) is 1.94. The summed E-state index contributed by atoms with van der Waals surface area (Å²) in [7, 11) is 2.18. The molecule has 0 aromatic heterocycles. The average molecular weight is 203 g/mol. The fraction of sp³-hybridized carbons (Fsp3) is 0.462. The third kappa shape index (κ3) is 3.33. The van der Waals surface area contributed by atoms with Crippen LogP contribution in [0, 0.1) is 6.42 Å². The Kier molecular flexibility index (Phi) is 3.75. The Balaban J connectivity index is 1.89. The normalized spacial score (nSPS) is 20.1. The van der Waals surface area contributed by atoms with Gasteiger partial charge in [0.2, 0.25) is 0 Å². The van der Waals surface area contributed by atoms with Crippen LogP contribution in [0.2, 0.25) is 0 Å². The third-order valence-corrected chi connectivity index (χ3v) is 2.88. The van der Waals surface area contributed by atoms with E-state index in [0.717, 1.165) is 19.6 Å². The van der Waals surface area contributed by atoms with E-state index >= 15 is 0 Å². The Morgan fingerprint density at radius 1 is 1.07 bits per heavy atom. The Morgan fingerprint density at radius 2 is 1.87 bits per heavy atom. The highest BCUT2D eigenvalue weighted by atomic mass is 15.2. The summed E-state index contributed by atoms with van der Waals surface area (Å²) in [5, 5.41) is 0. The highest BCUT2D eigenvalue weighted by molar-refractivity contribution is 5.14. The lowest BCUT2D eigenvalue weighted by atomic mass is 10.2. The van der Waals surface area contributed by atoms with Gasteiger partial charge in [-0.15, -0.1) is 0 Å². The second-order valence-corrected chi connectivity index (χ2v) is 4.27. The summed E-state index contributed by atoms with van der Waals surface area (Å²) >= 11 is 0. The maximum Gasteiger partial charge on any atom is 0.0234 e. The molecule has 1 aliphatic rings. The van der Waals surface area contributed by atoms with Gasteiger partial charge in [0, 0.05) is 32.7 Å². The van der Waals surface area contributed by atoms with Crippen molar-refractivity contribution in [2.75, 3.05) is 33.2 Å². The van der Waals surface area contributed by atoms with E-state index in [2.05, 4.69) is 53.6 Å². The van der Waals surface area contributed by atoms with Gasteiger partial charge in [0.25, 0.3) is 0 Å². The van der Waals surface area contributed by atoms with Crippen LogP contribution in [0.5, 0.6) is 0 Å². The Labute approximate surface area is 92.5 Å². The summed E-state index contributed by atoms with van der Waals surface area (Å²) in [4.78, 5) is 4.86. The van der Waals surface area contributed by atoms with Crippen LogP contribution >= 0.6 is 0 Å². The highest BCUT2D eigenvalue weighted by Crippen LogP contribution is 2.07. The molecule has 1 saturated heterocycles. The molecule has 1 aliphatic heterocycles. The fourth-order valence-corrected chi connectivity index (χ4v) is 1.94. The molecule has 1 radical (unpaired) electrons. The van der Waals surface area contributed by atoms with E-state index in [-0.39, 0.29) is 0 Å². The molecular formula is C13H19N2. The lowest BCUT2D eigenvalue weighted by molar-refractivity contribution is 0.273. The van der Waals surface area contributed by atoms with Crippen molar-refractivity contribution in [2.24, 2.45) is 0 Å². The predicted octanol–water partition coefficient (Wildman–Crippen LogP) is 1.64. The number of likely N-dealkylation sites (N-methyl/N-ethyl adjacent to an activating group) is 1. The van der Waals surface area contributed by atoms with Crippen molar-refractivity contribution in [1.82, 2.24) is 9.80 Å². The number of nitrogens with zero attached hydrogens (tertiary/aromatic N) is 2. The lowest BCUT2D eigenvalue weighted by Gasteiger charge is -2.19. The molecule has 0 atom stereocenters. The first-order chi connectivity index (χ1) is 7.34. The topological polar surface area (TPSA) is 6.48 Å². The quantitative estimate of drug-likeness (QED) is 0.721. The lowest BCUT2D eigenvalue weighted by Crippen LogP contribution is -2.28. The van der Waals surface area contributed by atoms with Crippen molar-refractivity contribution in [3.8, 4) is 0 Å². The van der Waals surface area contributed by atoms with E-state index < -0.39 is 0 Å². The van der Waals surface area contributed by atoms with Crippen molar-refractivity contribution in [1.29, 1.82) is 0 Å². The van der Waals surface area contributed by atoms with Crippen molar-refractivity contribution in [3.63, 3.8) is 0 Å². The van der Waals surface area contributed by atoms with Gasteiger partial charge < -0.3 is 4.90 Å². The predicted molar refractivity (Wildman–Crippen MR) is 63.5 cm³/mol. The van der Waals surface area contributed by atoms with E-state index in [4.69, 9.17) is 0 Å². The molecule has 1 heterocycles. The largest absolute Gasteiger partial charge is 0.305 e. The van der Waals surface area contributed by atoms with Crippen molar-refractivity contribution in [2.45, 2.75) is 6.54 Å². The first-order valence-corrected chi connectivity index (χ1v) is 5.61. The molecule has 2 rings (SSSR count). The van der Waals surface area contributed by atoms with Gasteiger partial charge in [-0.05, 0) is 19.0 Å². The summed E-state index contributed by atoms with van der Waals surface area (Å²) < 4.78 is 0. The minimum atomic E-state index is 1.07. The Hall–Kier alpha value is -0.860. The zero-order valence-corrected chi connectivity index (χ0v) is 9.39. The molecular weight excluding hydrogens is 184 g/mol. The monoisotopic (exact) mass is 203 g/mol. The molecule has 1 aromatic rings. The second kappa shape index (κ2) is 5.29. The molecule has 1 aromatic carbocycles. The van der Waals surface area contributed by atoms with Gasteiger partial charge in [-0.2, -0.15) is 0 Å². The number of rotatable bonds is 2. The zero-order chi connectivity index (χ0) is 10.5. The van der Waals surface area contributed by atoms with Gasteiger partial charge in [-0.25, -0.2) is 0 Å². The molecule has 0 bridgehead atoms. The standard InChI is InChI=1S/C13H19N2/c1-14-8-5-9-15(11-10-14)12-13-6-3-2-4-7-13/h2-7H,8-12H2,1H3. The molecule has 2 nitrogen and oxygen atoms in total. The minimum Gasteiger partial charge on any atom is -0.305 e. The van der Waals surface area contributed by atoms with Crippen LogP contribution < -0.4 is 0 Å². The van der Waals surface area contributed by atoms with Gasteiger partial charge in [0.05, 0.1) is 0 Å². The van der Waals surface area contributed by atoms with E-state index in [1.54, 1.807) is 0 Å². The number of hydrogen-bond donors (Lipinski definition) is 0. The van der Waals surface area contributed by atoms with Gasteiger partial charge in [0.15, 0.2) is 0 Å². The van der Waals surface area contributed by atoms with Gasteiger partial charge in [0.1, 0.15) is 0 Å². The molecule has 1 fully saturated rings. The molecule has 0 spiro atoms. The first-order valence-electron chi connectivity index (χ1n) is 5.61. The third-order valence-electron chi connectivity index (χ3n) is 2.88. The second-order valence-electron chi connectivity index (χ2n) is 4.27. The van der Waals surface area contributed by atoms with Crippen LogP contribution in [-0.2, 0) is 6.54 Å². The first kappa shape index (κ1) is 10.7. The van der Waals surface area contributed by atoms with Gasteiger partial charge >= 0.3 is 0 Å². The van der Waals surface area contributed by atoms with Crippen LogP contribution in [-0.4, -0.2) is 43.0 Å². The molecule has 81 valence electrons. The molecule has 0 aliphatic carbocycles. The van der Waals surface area contributed by atoms with Crippen molar-refractivity contribution >= 4 is 0 Å². The zero-order valence-electron chi connectivity index (χ0n) is 9.39. The van der Waals surface area contributed by atoms with Crippen molar-refractivity contribution < 1.29 is 0 Å². The maximum absolute atomic E-state index is 2.50. The van der Waals surface area contributed by atoms with Crippen LogP contribution in [0.25, 0.3) is 0 Å². The van der Waals surface area contributed by atoms with E-state index in [0.29, 0.717) is 0 Å². The van der Waals surface area contributed by atoms with Gasteiger partial charge in [-0.3, -0.25) is 4.90 Å². The molecule has 0 saturated carbocycles. The van der Waals surface area contributed by atoms with Crippen LogP contribution in [0.15, 0.2) is 30.3 Å². The SMILES string of the molecule is CN1C[CH]CN(Cc2ccccc2)CC1. The summed E-state index contributed by atoms with van der Waals surface area (Å²) in [5.41, 5.74) is 1.41. The molecule has 2 heteroatoms. The van der Waals surface area contributed by atoms with Crippen LogP contribution in [0.4, 0.5) is 0 Å². The van der Waals surface area contributed by atoms with E-state index in [1.165, 1.54) is 18.7 Å². The average Bonchev–Trinajstić information content (AvgIpc) is 2.46.